The normalized spacial score (nSPS) is 24.6. The summed E-state index contributed by atoms with van der Waals surface area (Å²) in [5.74, 6) is 0.427. The Labute approximate surface area is 120 Å². The Balaban J connectivity index is 1.78. The number of aliphatic hydroxyl groups excluding tert-OH is 1. The molecule has 2 rings (SSSR count). The lowest BCUT2D eigenvalue weighted by molar-refractivity contribution is 0.0695. The molecular weight excluding hydrogens is 256 g/mol. The molecule has 1 saturated carbocycles. The van der Waals surface area contributed by atoms with Crippen LogP contribution in [0, 0.1) is 5.92 Å². The molecule has 1 fully saturated rings. The van der Waals surface area contributed by atoms with Crippen LogP contribution < -0.4 is 5.32 Å². The van der Waals surface area contributed by atoms with E-state index in [1.165, 1.54) is 18.5 Å². The second-order valence-electron chi connectivity index (χ2n) is 6.62. The van der Waals surface area contributed by atoms with Crippen molar-refractivity contribution in [3.05, 3.63) is 16.1 Å². The minimum atomic E-state index is -0.109. The topological polar surface area (TPSA) is 45.1 Å². The van der Waals surface area contributed by atoms with Crippen molar-refractivity contribution in [2.75, 3.05) is 6.54 Å². The van der Waals surface area contributed by atoms with Crippen molar-refractivity contribution in [3.63, 3.8) is 0 Å². The third kappa shape index (κ3) is 4.26. The molecule has 1 aromatic heterocycles. The van der Waals surface area contributed by atoms with E-state index < -0.39 is 0 Å². The van der Waals surface area contributed by atoms with Crippen LogP contribution in [-0.4, -0.2) is 22.7 Å². The van der Waals surface area contributed by atoms with Crippen molar-refractivity contribution in [2.24, 2.45) is 5.92 Å². The van der Waals surface area contributed by atoms with Gasteiger partial charge in [-0.2, -0.15) is 0 Å². The highest BCUT2D eigenvalue weighted by molar-refractivity contribution is 7.09. The Bertz CT molecular complexity index is 397. The van der Waals surface area contributed by atoms with Crippen LogP contribution in [0.3, 0.4) is 0 Å². The number of hydrogen-bond donors (Lipinski definition) is 2. The predicted octanol–water partition coefficient (Wildman–Crippen LogP) is 3.08. The molecular formula is C15H26N2OS. The van der Waals surface area contributed by atoms with Crippen LogP contribution in [0.25, 0.3) is 0 Å². The van der Waals surface area contributed by atoms with Gasteiger partial charge in [-0.3, -0.25) is 0 Å². The lowest BCUT2D eigenvalue weighted by Gasteiger charge is -2.27. The van der Waals surface area contributed by atoms with E-state index in [1.54, 1.807) is 11.3 Å². The summed E-state index contributed by atoms with van der Waals surface area (Å²) < 4.78 is 0. The maximum Gasteiger partial charge on any atom is 0.107 e. The van der Waals surface area contributed by atoms with Crippen molar-refractivity contribution in [1.29, 1.82) is 0 Å². The van der Waals surface area contributed by atoms with Gasteiger partial charge in [0, 0.05) is 23.9 Å². The van der Waals surface area contributed by atoms with Crippen molar-refractivity contribution < 1.29 is 5.11 Å². The van der Waals surface area contributed by atoms with Crippen molar-refractivity contribution in [1.82, 2.24) is 10.3 Å². The molecule has 1 aromatic rings. The van der Waals surface area contributed by atoms with E-state index in [9.17, 15) is 5.11 Å². The number of aromatic nitrogens is 1. The van der Waals surface area contributed by atoms with Gasteiger partial charge < -0.3 is 10.4 Å². The first-order chi connectivity index (χ1) is 8.97. The molecule has 2 atom stereocenters. The van der Waals surface area contributed by atoms with Gasteiger partial charge in [0.1, 0.15) is 5.01 Å². The van der Waals surface area contributed by atoms with Crippen LogP contribution in [0.2, 0.25) is 0 Å². The minimum absolute atomic E-state index is 0.109. The Morgan fingerprint density at radius 1 is 1.37 bits per heavy atom. The minimum Gasteiger partial charge on any atom is -0.393 e. The molecule has 0 saturated heterocycles. The molecule has 108 valence electrons. The van der Waals surface area contributed by atoms with E-state index in [1.807, 2.05) is 0 Å². The van der Waals surface area contributed by atoms with Gasteiger partial charge in [0.25, 0.3) is 0 Å². The average molecular weight is 282 g/mol. The van der Waals surface area contributed by atoms with Gasteiger partial charge >= 0.3 is 0 Å². The molecule has 0 amide bonds. The monoisotopic (exact) mass is 282 g/mol. The quantitative estimate of drug-likeness (QED) is 0.892. The van der Waals surface area contributed by atoms with Crippen LogP contribution in [-0.2, 0) is 12.0 Å². The SMILES string of the molecule is CC(C)(C)c1csc(CNCC2CCCCC2O)n1. The summed E-state index contributed by atoms with van der Waals surface area (Å²) in [5.41, 5.74) is 1.31. The highest BCUT2D eigenvalue weighted by Gasteiger charge is 2.22. The number of nitrogens with zero attached hydrogens (tertiary/aromatic N) is 1. The maximum absolute atomic E-state index is 9.92. The molecule has 3 nitrogen and oxygen atoms in total. The molecule has 0 aliphatic heterocycles. The summed E-state index contributed by atoms with van der Waals surface area (Å²) in [6, 6.07) is 0. The smallest absolute Gasteiger partial charge is 0.107 e. The van der Waals surface area contributed by atoms with Crippen LogP contribution in [0.15, 0.2) is 5.38 Å². The highest BCUT2D eigenvalue weighted by atomic mass is 32.1. The molecule has 0 bridgehead atoms. The summed E-state index contributed by atoms with van der Waals surface area (Å²) in [7, 11) is 0. The van der Waals surface area contributed by atoms with E-state index in [0.29, 0.717) is 5.92 Å². The molecule has 19 heavy (non-hydrogen) atoms. The molecule has 2 unspecified atom stereocenters. The van der Waals surface area contributed by atoms with Gasteiger partial charge in [-0.25, -0.2) is 4.98 Å². The number of thiazole rings is 1. The number of hydrogen-bond acceptors (Lipinski definition) is 4. The summed E-state index contributed by atoms with van der Waals surface area (Å²) in [6.45, 7) is 8.31. The van der Waals surface area contributed by atoms with Crippen LogP contribution >= 0.6 is 11.3 Å². The Morgan fingerprint density at radius 2 is 2.11 bits per heavy atom. The third-order valence-corrected chi connectivity index (χ3v) is 4.72. The summed E-state index contributed by atoms with van der Waals surface area (Å²) in [6.07, 6.45) is 4.45. The zero-order valence-electron chi connectivity index (χ0n) is 12.3. The second-order valence-corrected chi connectivity index (χ2v) is 7.56. The zero-order chi connectivity index (χ0) is 13.9. The first kappa shape index (κ1) is 14.9. The van der Waals surface area contributed by atoms with Gasteiger partial charge in [0.2, 0.25) is 0 Å². The molecule has 1 aliphatic rings. The largest absolute Gasteiger partial charge is 0.393 e. The Hall–Kier alpha value is -0.450. The van der Waals surface area contributed by atoms with E-state index in [2.05, 4.69) is 36.5 Å². The molecule has 0 spiro atoms. The van der Waals surface area contributed by atoms with Crippen molar-refractivity contribution in [2.45, 2.75) is 64.5 Å². The number of nitrogens with one attached hydrogen (secondary N) is 1. The van der Waals surface area contributed by atoms with Crippen LogP contribution in [0.1, 0.15) is 57.2 Å². The molecule has 4 heteroatoms. The first-order valence-corrected chi connectivity index (χ1v) is 8.18. The van der Waals surface area contributed by atoms with Crippen LogP contribution in [0.4, 0.5) is 0 Å². The predicted molar refractivity (Wildman–Crippen MR) is 80.5 cm³/mol. The summed E-state index contributed by atoms with van der Waals surface area (Å²) in [5, 5.41) is 16.7. The lowest BCUT2D eigenvalue weighted by atomic mass is 9.86. The fourth-order valence-electron chi connectivity index (χ4n) is 2.53. The molecule has 0 radical (unpaired) electrons. The van der Waals surface area contributed by atoms with Gasteiger partial charge in [-0.05, 0) is 18.8 Å². The molecule has 2 N–H and O–H groups in total. The molecule has 1 heterocycles. The maximum atomic E-state index is 9.92. The molecule has 1 aliphatic carbocycles. The zero-order valence-corrected chi connectivity index (χ0v) is 13.1. The third-order valence-electron chi connectivity index (χ3n) is 3.87. The van der Waals surface area contributed by atoms with E-state index in [0.717, 1.165) is 30.9 Å². The van der Waals surface area contributed by atoms with Gasteiger partial charge in [0.05, 0.1) is 11.8 Å². The fraction of sp³-hybridized carbons (Fsp3) is 0.800. The van der Waals surface area contributed by atoms with Crippen molar-refractivity contribution >= 4 is 11.3 Å². The van der Waals surface area contributed by atoms with E-state index in [4.69, 9.17) is 0 Å². The molecule has 0 aromatic carbocycles. The standard InChI is InChI=1S/C15H26N2OS/c1-15(2,3)13-10-19-14(17-13)9-16-8-11-6-4-5-7-12(11)18/h10-12,16,18H,4-9H2,1-3H3. The Kier molecular flexibility index (Phi) is 4.98. The Morgan fingerprint density at radius 3 is 2.74 bits per heavy atom. The van der Waals surface area contributed by atoms with Crippen molar-refractivity contribution in [3.8, 4) is 0 Å². The van der Waals surface area contributed by atoms with Gasteiger partial charge in [-0.1, -0.05) is 33.6 Å². The average Bonchev–Trinajstić information content (AvgIpc) is 2.80. The first-order valence-electron chi connectivity index (χ1n) is 7.30. The number of rotatable bonds is 4. The van der Waals surface area contributed by atoms with Crippen LogP contribution in [0.5, 0.6) is 0 Å². The van der Waals surface area contributed by atoms with E-state index in [-0.39, 0.29) is 11.5 Å². The summed E-state index contributed by atoms with van der Waals surface area (Å²) in [4.78, 5) is 4.68. The number of aliphatic hydroxyl groups is 1. The van der Waals surface area contributed by atoms with E-state index >= 15 is 0 Å². The van der Waals surface area contributed by atoms with Gasteiger partial charge in [-0.15, -0.1) is 11.3 Å². The second kappa shape index (κ2) is 6.33. The fourth-order valence-corrected chi connectivity index (χ4v) is 3.52. The lowest BCUT2D eigenvalue weighted by Crippen LogP contribution is -2.33. The van der Waals surface area contributed by atoms with Gasteiger partial charge in [0.15, 0.2) is 0 Å². The summed E-state index contributed by atoms with van der Waals surface area (Å²) >= 11 is 1.73. The highest BCUT2D eigenvalue weighted by Crippen LogP contribution is 2.25.